The average molecular weight is 267 g/mol. The smallest absolute Gasteiger partial charge is 0.326 e. The lowest BCUT2D eigenvalue weighted by molar-refractivity contribution is -0.142. The molecule has 98 valence electrons. The zero-order valence-corrected chi connectivity index (χ0v) is 11.4. The summed E-state index contributed by atoms with van der Waals surface area (Å²) in [5.74, 6) is -1.02. The zero-order valence-electron chi connectivity index (χ0n) is 10.5. The fourth-order valence-electron chi connectivity index (χ4n) is 2.38. The Bertz CT molecular complexity index is 469. The Morgan fingerprint density at radius 2 is 2.22 bits per heavy atom. The van der Waals surface area contributed by atoms with Crippen LogP contribution in [0.1, 0.15) is 34.8 Å². The predicted molar refractivity (Wildman–Crippen MR) is 69.9 cm³/mol. The van der Waals surface area contributed by atoms with Crippen molar-refractivity contribution in [1.29, 1.82) is 0 Å². The van der Waals surface area contributed by atoms with Gasteiger partial charge in [0.25, 0.3) is 5.91 Å². The van der Waals surface area contributed by atoms with E-state index in [0.717, 1.165) is 17.7 Å². The quantitative estimate of drug-likeness (QED) is 0.913. The van der Waals surface area contributed by atoms with Gasteiger partial charge in [0.1, 0.15) is 6.04 Å². The maximum atomic E-state index is 12.3. The van der Waals surface area contributed by atoms with E-state index < -0.39 is 12.0 Å². The number of aliphatic carboxylic acids is 1. The minimum Gasteiger partial charge on any atom is -0.480 e. The molecular weight excluding hydrogens is 250 g/mol. The molecule has 0 radical (unpaired) electrons. The fraction of sp³-hybridized carbons (Fsp3) is 0.538. The van der Waals surface area contributed by atoms with E-state index in [1.165, 1.54) is 16.2 Å². The van der Waals surface area contributed by atoms with Gasteiger partial charge in [-0.25, -0.2) is 4.79 Å². The molecule has 2 rings (SSSR count). The van der Waals surface area contributed by atoms with Crippen LogP contribution in [0.25, 0.3) is 0 Å². The number of likely N-dealkylation sites (tertiary alicyclic amines) is 1. The molecule has 1 fully saturated rings. The number of thiophene rings is 1. The molecule has 1 saturated heterocycles. The molecule has 1 aliphatic rings. The van der Waals surface area contributed by atoms with Crippen molar-refractivity contribution in [1.82, 2.24) is 4.90 Å². The van der Waals surface area contributed by atoms with Gasteiger partial charge in [-0.3, -0.25) is 4.79 Å². The van der Waals surface area contributed by atoms with Crippen molar-refractivity contribution >= 4 is 23.2 Å². The summed E-state index contributed by atoms with van der Waals surface area (Å²) in [6.07, 6.45) is 1.66. The second-order valence-corrected chi connectivity index (χ2v) is 5.84. The number of aryl methyl sites for hydroxylation is 1. The first kappa shape index (κ1) is 13.1. The topological polar surface area (TPSA) is 57.6 Å². The Morgan fingerprint density at radius 3 is 2.78 bits per heavy atom. The van der Waals surface area contributed by atoms with Gasteiger partial charge in [-0.05, 0) is 30.9 Å². The number of hydrogen-bond donors (Lipinski definition) is 1. The number of hydrogen-bond acceptors (Lipinski definition) is 3. The molecule has 1 amide bonds. The van der Waals surface area contributed by atoms with E-state index in [-0.39, 0.29) is 11.8 Å². The highest BCUT2D eigenvalue weighted by atomic mass is 32.1. The first-order valence-electron chi connectivity index (χ1n) is 6.17. The van der Waals surface area contributed by atoms with Crippen LogP contribution < -0.4 is 0 Å². The third kappa shape index (κ3) is 2.27. The number of carboxylic acid groups (broad SMARTS) is 1. The Labute approximate surface area is 110 Å². The normalized spacial score (nSPS) is 23.3. The van der Waals surface area contributed by atoms with Gasteiger partial charge in [-0.2, -0.15) is 0 Å². The van der Waals surface area contributed by atoms with Crippen LogP contribution in [0, 0.1) is 5.92 Å². The van der Waals surface area contributed by atoms with Gasteiger partial charge < -0.3 is 10.0 Å². The molecule has 2 atom stereocenters. The Balaban J connectivity index is 2.20. The van der Waals surface area contributed by atoms with E-state index in [2.05, 4.69) is 0 Å². The molecule has 0 spiro atoms. The van der Waals surface area contributed by atoms with Crippen molar-refractivity contribution in [2.24, 2.45) is 5.92 Å². The van der Waals surface area contributed by atoms with Gasteiger partial charge >= 0.3 is 5.97 Å². The lowest BCUT2D eigenvalue weighted by Crippen LogP contribution is -2.42. The number of carbonyl (C=O) groups excluding carboxylic acids is 1. The Hall–Kier alpha value is -1.36. The summed E-state index contributed by atoms with van der Waals surface area (Å²) in [5, 5.41) is 9.21. The second kappa shape index (κ2) is 5.10. The molecule has 18 heavy (non-hydrogen) atoms. The van der Waals surface area contributed by atoms with Crippen LogP contribution in [0.5, 0.6) is 0 Å². The van der Waals surface area contributed by atoms with E-state index in [4.69, 9.17) is 0 Å². The monoisotopic (exact) mass is 267 g/mol. The molecule has 4 nitrogen and oxygen atoms in total. The maximum absolute atomic E-state index is 12.3. The van der Waals surface area contributed by atoms with Crippen molar-refractivity contribution < 1.29 is 14.7 Å². The highest BCUT2D eigenvalue weighted by Gasteiger charge is 2.40. The zero-order chi connectivity index (χ0) is 13.3. The van der Waals surface area contributed by atoms with Gasteiger partial charge in [0.05, 0.1) is 4.88 Å². The van der Waals surface area contributed by atoms with Crippen molar-refractivity contribution in [3.63, 3.8) is 0 Å². The fourth-order valence-corrected chi connectivity index (χ4v) is 3.28. The molecule has 1 aliphatic heterocycles. The van der Waals surface area contributed by atoms with Gasteiger partial charge in [0.15, 0.2) is 0 Å². The number of carbonyl (C=O) groups is 2. The highest BCUT2D eigenvalue weighted by molar-refractivity contribution is 7.14. The van der Waals surface area contributed by atoms with Crippen LogP contribution >= 0.6 is 11.3 Å². The first-order valence-corrected chi connectivity index (χ1v) is 6.98. The van der Waals surface area contributed by atoms with E-state index >= 15 is 0 Å². The lowest BCUT2D eigenvalue weighted by Gasteiger charge is -2.22. The van der Waals surface area contributed by atoms with Gasteiger partial charge in [0, 0.05) is 11.4 Å². The third-order valence-corrected chi connectivity index (χ3v) is 4.65. The number of carboxylic acids is 1. The maximum Gasteiger partial charge on any atom is 0.326 e. The van der Waals surface area contributed by atoms with Crippen molar-refractivity contribution in [3.8, 4) is 0 Å². The average Bonchev–Trinajstić information content (AvgIpc) is 2.93. The first-order chi connectivity index (χ1) is 8.54. The van der Waals surface area contributed by atoms with Crippen molar-refractivity contribution in [2.45, 2.75) is 32.7 Å². The SMILES string of the molecule is CCc1ccc(C(=O)N2CCC(C)C2C(=O)O)s1. The standard InChI is InChI=1S/C13H17NO3S/c1-3-9-4-5-10(18-9)12(15)14-7-6-8(2)11(14)13(16)17/h4-5,8,11H,3,6-7H2,1-2H3,(H,16,17). The minimum absolute atomic E-state index is 0.0251. The van der Waals surface area contributed by atoms with Crippen LogP contribution in [-0.4, -0.2) is 34.5 Å². The summed E-state index contributed by atoms with van der Waals surface area (Å²) in [6, 6.07) is 3.06. The molecule has 0 saturated carbocycles. The largest absolute Gasteiger partial charge is 0.480 e. The molecule has 5 heteroatoms. The molecule has 1 N–H and O–H groups in total. The molecule has 1 aromatic heterocycles. The van der Waals surface area contributed by atoms with E-state index in [0.29, 0.717) is 11.4 Å². The third-order valence-electron chi connectivity index (χ3n) is 3.43. The predicted octanol–water partition coefficient (Wildman–Crippen LogP) is 2.25. The van der Waals surface area contributed by atoms with Crippen LogP contribution in [0.15, 0.2) is 12.1 Å². The summed E-state index contributed by atoms with van der Waals surface area (Å²) in [5.41, 5.74) is 0. The second-order valence-electron chi connectivity index (χ2n) is 4.67. The number of nitrogens with zero attached hydrogens (tertiary/aromatic N) is 1. The van der Waals surface area contributed by atoms with E-state index in [1.807, 2.05) is 19.9 Å². The molecule has 2 unspecified atom stereocenters. The van der Waals surface area contributed by atoms with Crippen LogP contribution in [0.4, 0.5) is 0 Å². The molecule has 0 aliphatic carbocycles. The van der Waals surface area contributed by atoms with Crippen molar-refractivity contribution in [3.05, 3.63) is 21.9 Å². The summed E-state index contributed by atoms with van der Waals surface area (Å²) < 4.78 is 0. The Morgan fingerprint density at radius 1 is 1.50 bits per heavy atom. The number of rotatable bonds is 3. The lowest BCUT2D eigenvalue weighted by atomic mass is 10.0. The molecular formula is C13H17NO3S. The van der Waals surface area contributed by atoms with Crippen LogP contribution in [0.2, 0.25) is 0 Å². The highest BCUT2D eigenvalue weighted by Crippen LogP contribution is 2.28. The Kier molecular flexibility index (Phi) is 3.71. The molecule has 1 aromatic rings. The van der Waals surface area contributed by atoms with Gasteiger partial charge in [-0.15, -0.1) is 11.3 Å². The van der Waals surface area contributed by atoms with Crippen molar-refractivity contribution in [2.75, 3.05) is 6.54 Å². The summed E-state index contributed by atoms with van der Waals surface area (Å²) in [7, 11) is 0. The molecule has 0 bridgehead atoms. The van der Waals surface area contributed by atoms with Crippen LogP contribution in [0.3, 0.4) is 0 Å². The molecule has 0 aromatic carbocycles. The molecule has 2 heterocycles. The van der Waals surface area contributed by atoms with E-state index in [9.17, 15) is 14.7 Å². The van der Waals surface area contributed by atoms with Crippen LogP contribution in [-0.2, 0) is 11.2 Å². The summed E-state index contributed by atoms with van der Waals surface area (Å²) >= 11 is 1.46. The van der Waals surface area contributed by atoms with Gasteiger partial charge in [-0.1, -0.05) is 13.8 Å². The van der Waals surface area contributed by atoms with Gasteiger partial charge in [0.2, 0.25) is 0 Å². The number of amides is 1. The minimum atomic E-state index is -0.902. The summed E-state index contributed by atoms with van der Waals surface area (Å²) in [4.78, 5) is 26.8. The summed E-state index contributed by atoms with van der Waals surface area (Å²) in [6.45, 7) is 4.46. The van der Waals surface area contributed by atoms with E-state index in [1.54, 1.807) is 6.07 Å².